The molecule has 94 valence electrons. The van der Waals surface area contributed by atoms with Crippen LogP contribution in [0.2, 0.25) is 0 Å². The van der Waals surface area contributed by atoms with E-state index in [4.69, 9.17) is 0 Å². The molecule has 0 fully saturated rings. The first kappa shape index (κ1) is 13.8. The van der Waals surface area contributed by atoms with Crippen LogP contribution in [0.15, 0.2) is 40.9 Å². The Balaban J connectivity index is 2.69. The normalized spacial score (nSPS) is 12.5. The molecule has 0 spiro atoms. The molecule has 0 amide bonds. The summed E-state index contributed by atoms with van der Waals surface area (Å²) in [4.78, 5) is 0.348. The molecular weight excluding hydrogens is 352 g/mol. The quantitative estimate of drug-likeness (QED) is 0.555. The second kappa shape index (κ2) is 5.58. The van der Waals surface area contributed by atoms with Crippen LogP contribution in [0.4, 0.5) is 0 Å². The smallest absolute Gasteiger partial charge is 0.0373 e. The number of aryl methyl sites for hydroxylation is 2. The Kier molecular flexibility index (Phi) is 4.29. The van der Waals surface area contributed by atoms with Crippen LogP contribution in [-0.2, 0) is 0 Å². The lowest BCUT2D eigenvalue weighted by atomic mass is 9.93. The monoisotopic (exact) mass is 366 g/mol. The molecule has 2 rings (SSSR count). The van der Waals surface area contributed by atoms with E-state index in [1.807, 2.05) is 0 Å². The molecule has 0 aromatic heterocycles. The maximum atomic E-state index is 3.68. The fourth-order valence-corrected chi connectivity index (χ4v) is 2.89. The van der Waals surface area contributed by atoms with Crippen molar-refractivity contribution in [2.24, 2.45) is 0 Å². The van der Waals surface area contributed by atoms with Gasteiger partial charge < -0.3 is 0 Å². The summed E-state index contributed by atoms with van der Waals surface area (Å²) in [7, 11) is 0. The first-order valence-electron chi connectivity index (χ1n) is 6.00. The zero-order valence-electron chi connectivity index (χ0n) is 10.8. The Morgan fingerprint density at radius 1 is 0.944 bits per heavy atom. The minimum absolute atomic E-state index is 0.348. The summed E-state index contributed by atoms with van der Waals surface area (Å²) >= 11 is 7.25. The third-order valence-corrected chi connectivity index (χ3v) is 4.11. The van der Waals surface area contributed by atoms with Gasteiger partial charge in [0.25, 0.3) is 0 Å². The molecule has 0 aliphatic heterocycles. The van der Waals surface area contributed by atoms with Crippen LogP contribution < -0.4 is 0 Å². The van der Waals surface area contributed by atoms with Gasteiger partial charge in [0.15, 0.2) is 0 Å². The summed E-state index contributed by atoms with van der Waals surface area (Å²) in [5, 5.41) is 0. The van der Waals surface area contributed by atoms with Gasteiger partial charge in [-0.15, -0.1) is 0 Å². The first-order valence-corrected chi connectivity index (χ1v) is 7.71. The van der Waals surface area contributed by atoms with Crippen molar-refractivity contribution in [2.75, 3.05) is 0 Å². The minimum atomic E-state index is 0.348. The predicted molar refractivity (Wildman–Crippen MR) is 86.4 cm³/mol. The van der Waals surface area contributed by atoms with E-state index in [-0.39, 0.29) is 0 Å². The number of halogens is 2. The van der Waals surface area contributed by atoms with E-state index < -0.39 is 0 Å². The molecule has 0 N–H and O–H groups in total. The van der Waals surface area contributed by atoms with Crippen molar-refractivity contribution < 1.29 is 0 Å². The third-order valence-electron chi connectivity index (χ3n) is 3.13. The van der Waals surface area contributed by atoms with Crippen molar-refractivity contribution in [3.8, 4) is 11.1 Å². The number of alkyl halides is 1. The lowest BCUT2D eigenvalue weighted by Gasteiger charge is -2.15. The Morgan fingerprint density at radius 3 is 2.33 bits per heavy atom. The lowest BCUT2D eigenvalue weighted by Crippen LogP contribution is -1.93. The molecule has 0 bridgehead atoms. The molecule has 1 atom stereocenters. The summed E-state index contributed by atoms with van der Waals surface area (Å²) in [6, 6.07) is 13.1. The third kappa shape index (κ3) is 2.86. The molecule has 1 unspecified atom stereocenters. The molecule has 2 heteroatoms. The molecule has 18 heavy (non-hydrogen) atoms. The number of hydrogen-bond acceptors (Lipinski definition) is 0. The van der Waals surface area contributed by atoms with Crippen LogP contribution in [0.1, 0.15) is 28.4 Å². The largest absolute Gasteiger partial charge is 0.0842 e. The average molecular weight is 368 g/mol. The Bertz CT molecular complexity index is 571. The summed E-state index contributed by atoms with van der Waals surface area (Å²) in [6.07, 6.45) is 0. The van der Waals surface area contributed by atoms with E-state index in [2.05, 4.69) is 89.0 Å². The van der Waals surface area contributed by atoms with Gasteiger partial charge in [-0.1, -0.05) is 61.7 Å². The summed E-state index contributed by atoms with van der Waals surface area (Å²) in [6.45, 7) is 6.47. The highest BCUT2D eigenvalue weighted by Crippen LogP contribution is 2.36. The highest BCUT2D eigenvalue weighted by atomic mass is 79.9. The van der Waals surface area contributed by atoms with Crippen molar-refractivity contribution >= 4 is 31.9 Å². The van der Waals surface area contributed by atoms with Gasteiger partial charge >= 0.3 is 0 Å². The SMILES string of the molecule is Cc1ccc(C)c(-c2cc(Br)ccc2C(C)Br)c1. The summed E-state index contributed by atoms with van der Waals surface area (Å²) in [5.41, 5.74) is 6.55. The Labute approximate surface area is 126 Å². The molecule has 0 aliphatic carbocycles. The van der Waals surface area contributed by atoms with E-state index in [0.717, 1.165) is 4.47 Å². The zero-order chi connectivity index (χ0) is 13.3. The van der Waals surface area contributed by atoms with Crippen molar-refractivity contribution in [1.29, 1.82) is 0 Å². The average Bonchev–Trinajstić information content (AvgIpc) is 2.31. The topological polar surface area (TPSA) is 0 Å². The van der Waals surface area contributed by atoms with Crippen molar-refractivity contribution in [3.63, 3.8) is 0 Å². The standard InChI is InChI=1S/C16H16Br2/c1-10-4-5-11(2)15(8-10)16-9-13(18)6-7-14(16)12(3)17/h4-9,12H,1-3H3. The van der Waals surface area contributed by atoms with Gasteiger partial charge in [-0.05, 0) is 55.2 Å². The van der Waals surface area contributed by atoms with Crippen molar-refractivity contribution in [2.45, 2.75) is 25.6 Å². The fraction of sp³-hybridized carbons (Fsp3) is 0.250. The second-order valence-electron chi connectivity index (χ2n) is 4.67. The van der Waals surface area contributed by atoms with E-state index in [1.54, 1.807) is 0 Å². The molecule has 2 aromatic rings. The van der Waals surface area contributed by atoms with Crippen LogP contribution in [0.5, 0.6) is 0 Å². The van der Waals surface area contributed by atoms with E-state index in [1.165, 1.54) is 27.8 Å². The molecule has 0 aliphatic rings. The zero-order valence-corrected chi connectivity index (χ0v) is 14.0. The highest BCUT2D eigenvalue weighted by Gasteiger charge is 2.12. The van der Waals surface area contributed by atoms with E-state index in [9.17, 15) is 0 Å². The van der Waals surface area contributed by atoms with Crippen molar-refractivity contribution in [1.82, 2.24) is 0 Å². The second-order valence-corrected chi connectivity index (χ2v) is 6.96. The molecule has 0 nitrogen and oxygen atoms in total. The van der Waals surface area contributed by atoms with E-state index in [0.29, 0.717) is 4.83 Å². The van der Waals surface area contributed by atoms with Crippen LogP contribution in [0.3, 0.4) is 0 Å². The number of rotatable bonds is 2. The number of benzene rings is 2. The lowest BCUT2D eigenvalue weighted by molar-refractivity contribution is 1.12. The number of hydrogen-bond donors (Lipinski definition) is 0. The summed E-state index contributed by atoms with van der Waals surface area (Å²) in [5.74, 6) is 0. The summed E-state index contributed by atoms with van der Waals surface area (Å²) < 4.78 is 1.12. The van der Waals surface area contributed by atoms with Gasteiger partial charge in [0, 0.05) is 9.30 Å². The molecule has 2 aromatic carbocycles. The molecule has 0 radical (unpaired) electrons. The van der Waals surface area contributed by atoms with E-state index >= 15 is 0 Å². The predicted octanol–water partition coefficient (Wildman–Crippen LogP) is 6.19. The minimum Gasteiger partial charge on any atom is -0.0842 e. The van der Waals surface area contributed by atoms with Crippen LogP contribution in [0.25, 0.3) is 11.1 Å². The Hall–Kier alpha value is -0.600. The fourth-order valence-electron chi connectivity index (χ4n) is 2.13. The maximum Gasteiger partial charge on any atom is 0.0373 e. The van der Waals surface area contributed by atoms with Crippen LogP contribution in [0, 0.1) is 13.8 Å². The van der Waals surface area contributed by atoms with Gasteiger partial charge in [0.2, 0.25) is 0 Å². The molecule has 0 saturated heterocycles. The van der Waals surface area contributed by atoms with Gasteiger partial charge in [-0.3, -0.25) is 0 Å². The van der Waals surface area contributed by atoms with Gasteiger partial charge in [-0.25, -0.2) is 0 Å². The van der Waals surface area contributed by atoms with Crippen LogP contribution in [-0.4, -0.2) is 0 Å². The van der Waals surface area contributed by atoms with Crippen LogP contribution >= 0.6 is 31.9 Å². The molecule has 0 saturated carbocycles. The maximum absolute atomic E-state index is 3.68. The molecular formula is C16H16Br2. The highest BCUT2D eigenvalue weighted by molar-refractivity contribution is 9.10. The van der Waals surface area contributed by atoms with Gasteiger partial charge in [-0.2, -0.15) is 0 Å². The Morgan fingerprint density at radius 2 is 1.67 bits per heavy atom. The van der Waals surface area contributed by atoms with Gasteiger partial charge in [0.05, 0.1) is 0 Å². The van der Waals surface area contributed by atoms with Gasteiger partial charge in [0.1, 0.15) is 0 Å². The van der Waals surface area contributed by atoms with Crippen molar-refractivity contribution in [3.05, 3.63) is 57.6 Å². The first-order chi connectivity index (χ1) is 8.49. The molecule has 0 heterocycles.